The van der Waals surface area contributed by atoms with E-state index in [1.165, 1.54) is 11.4 Å². The van der Waals surface area contributed by atoms with E-state index >= 15 is 0 Å². The van der Waals surface area contributed by atoms with Crippen molar-refractivity contribution < 1.29 is 4.79 Å². The predicted octanol–water partition coefficient (Wildman–Crippen LogP) is 4.47. The van der Waals surface area contributed by atoms with Gasteiger partial charge in [-0.1, -0.05) is 24.3 Å². The van der Waals surface area contributed by atoms with E-state index in [4.69, 9.17) is 0 Å². The van der Waals surface area contributed by atoms with Crippen LogP contribution in [-0.4, -0.2) is 26.9 Å². The van der Waals surface area contributed by atoms with Gasteiger partial charge in [-0.2, -0.15) is 0 Å². The maximum atomic E-state index is 12.9. The molecule has 4 rings (SSSR count). The Balaban J connectivity index is 1.60. The highest BCUT2D eigenvalue weighted by Gasteiger charge is 2.30. The number of benzene rings is 1. The molecule has 0 bridgehead atoms. The molecule has 1 aromatic carbocycles. The Morgan fingerprint density at radius 2 is 1.73 bits per heavy atom. The molecule has 2 aromatic heterocycles. The smallest absolute Gasteiger partial charge is 0.254 e. The standard InChI is InChI=1S/C22H23N3O/c1-16-10-11-17(2)25(16)21-13-12-19(15-23-21)20-9-6-14-24(20)22(26)18-7-4-3-5-8-18/h3-5,7-8,10-13,15,20H,6,9,14H2,1-2H3/t20-/m0/s1. The molecule has 0 unspecified atom stereocenters. The third kappa shape index (κ3) is 2.92. The molecule has 3 heterocycles. The highest BCUT2D eigenvalue weighted by atomic mass is 16.2. The summed E-state index contributed by atoms with van der Waals surface area (Å²) in [5.74, 6) is 1.03. The second-order valence-electron chi connectivity index (χ2n) is 6.92. The number of amides is 1. The molecule has 3 aromatic rings. The molecule has 132 valence electrons. The quantitative estimate of drug-likeness (QED) is 0.702. The Morgan fingerprint density at radius 1 is 1.00 bits per heavy atom. The SMILES string of the molecule is Cc1ccc(C)n1-c1ccc([C@@H]2CCCN2C(=O)c2ccccc2)cn1. The molecule has 4 nitrogen and oxygen atoms in total. The van der Waals surface area contributed by atoms with Crippen molar-refractivity contribution in [3.63, 3.8) is 0 Å². The first-order chi connectivity index (χ1) is 12.6. The molecule has 1 amide bonds. The van der Waals surface area contributed by atoms with E-state index in [9.17, 15) is 4.79 Å². The summed E-state index contributed by atoms with van der Waals surface area (Å²) in [5, 5.41) is 0. The van der Waals surface area contributed by atoms with Crippen LogP contribution < -0.4 is 0 Å². The van der Waals surface area contributed by atoms with Crippen LogP contribution in [0.15, 0.2) is 60.8 Å². The number of hydrogen-bond donors (Lipinski definition) is 0. The van der Waals surface area contributed by atoms with Gasteiger partial charge in [0.1, 0.15) is 5.82 Å². The van der Waals surface area contributed by atoms with E-state index in [-0.39, 0.29) is 11.9 Å². The molecule has 1 aliphatic rings. The molecular weight excluding hydrogens is 322 g/mol. The molecular formula is C22H23N3O. The summed E-state index contributed by atoms with van der Waals surface area (Å²) < 4.78 is 2.14. The van der Waals surface area contributed by atoms with Crippen LogP contribution >= 0.6 is 0 Å². The first-order valence-electron chi connectivity index (χ1n) is 9.12. The summed E-state index contributed by atoms with van der Waals surface area (Å²) in [6, 6.07) is 18.0. The van der Waals surface area contributed by atoms with E-state index < -0.39 is 0 Å². The maximum absolute atomic E-state index is 12.9. The van der Waals surface area contributed by atoms with Gasteiger partial charge in [-0.3, -0.25) is 4.79 Å². The molecule has 0 spiro atoms. The summed E-state index contributed by atoms with van der Waals surface area (Å²) in [7, 11) is 0. The molecule has 0 radical (unpaired) electrons. The van der Waals surface area contributed by atoms with Crippen molar-refractivity contribution in [2.45, 2.75) is 32.7 Å². The summed E-state index contributed by atoms with van der Waals surface area (Å²) >= 11 is 0. The molecule has 1 saturated heterocycles. The number of hydrogen-bond acceptors (Lipinski definition) is 2. The predicted molar refractivity (Wildman–Crippen MR) is 102 cm³/mol. The summed E-state index contributed by atoms with van der Waals surface area (Å²) in [6.45, 7) is 4.97. The minimum Gasteiger partial charge on any atom is -0.332 e. The van der Waals surface area contributed by atoms with Gasteiger partial charge < -0.3 is 9.47 Å². The molecule has 1 atom stereocenters. The van der Waals surface area contributed by atoms with E-state index in [2.05, 4.69) is 47.7 Å². The molecule has 0 aliphatic carbocycles. The number of carbonyl (C=O) groups excluding carboxylic acids is 1. The Labute approximate surface area is 154 Å². The largest absolute Gasteiger partial charge is 0.332 e. The van der Waals surface area contributed by atoms with Crippen molar-refractivity contribution in [2.75, 3.05) is 6.54 Å². The number of rotatable bonds is 3. The molecule has 1 aliphatic heterocycles. The fraction of sp³-hybridized carbons (Fsp3) is 0.273. The van der Waals surface area contributed by atoms with Crippen molar-refractivity contribution in [3.05, 3.63) is 83.3 Å². The Bertz CT molecular complexity index is 893. The van der Waals surface area contributed by atoms with Crippen LogP contribution in [0.1, 0.15) is 46.2 Å². The minimum atomic E-state index is 0.106. The van der Waals surface area contributed by atoms with Gasteiger partial charge in [0.2, 0.25) is 0 Å². The van der Waals surface area contributed by atoms with E-state index in [0.717, 1.165) is 36.3 Å². The number of carbonyl (C=O) groups is 1. The van der Waals surface area contributed by atoms with Gasteiger partial charge in [0, 0.05) is 29.7 Å². The number of aromatic nitrogens is 2. The highest BCUT2D eigenvalue weighted by Crippen LogP contribution is 2.33. The summed E-state index contributed by atoms with van der Waals surface area (Å²) in [4.78, 5) is 19.5. The van der Waals surface area contributed by atoms with Crippen LogP contribution in [-0.2, 0) is 0 Å². The van der Waals surface area contributed by atoms with Crippen molar-refractivity contribution in [1.82, 2.24) is 14.5 Å². The fourth-order valence-corrected chi connectivity index (χ4v) is 3.86. The normalized spacial score (nSPS) is 16.8. The monoisotopic (exact) mass is 345 g/mol. The van der Waals surface area contributed by atoms with Gasteiger partial charge in [-0.15, -0.1) is 0 Å². The number of likely N-dealkylation sites (tertiary alicyclic amines) is 1. The summed E-state index contributed by atoms with van der Waals surface area (Å²) in [5.41, 5.74) is 4.20. The molecule has 0 saturated carbocycles. The van der Waals surface area contributed by atoms with Crippen molar-refractivity contribution >= 4 is 5.91 Å². The van der Waals surface area contributed by atoms with Gasteiger partial charge in [-0.25, -0.2) is 4.98 Å². The number of nitrogens with zero attached hydrogens (tertiary/aromatic N) is 3. The lowest BCUT2D eigenvalue weighted by Gasteiger charge is -2.25. The summed E-state index contributed by atoms with van der Waals surface area (Å²) in [6.07, 6.45) is 3.94. The van der Waals surface area contributed by atoms with Gasteiger partial charge in [0.25, 0.3) is 5.91 Å². The zero-order valence-electron chi connectivity index (χ0n) is 15.2. The average molecular weight is 345 g/mol. The number of aryl methyl sites for hydroxylation is 2. The fourth-order valence-electron chi connectivity index (χ4n) is 3.86. The minimum absolute atomic E-state index is 0.106. The van der Waals surface area contributed by atoms with Crippen LogP contribution in [0.3, 0.4) is 0 Å². The van der Waals surface area contributed by atoms with Crippen LogP contribution in [0.25, 0.3) is 5.82 Å². The van der Waals surface area contributed by atoms with Gasteiger partial charge in [-0.05, 0) is 62.6 Å². The van der Waals surface area contributed by atoms with Gasteiger partial charge in [0.05, 0.1) is 6.04 Å². The van der Waals surface area contributed by atoms with Crippen molar-refractivity contribution in [2.24, 2.45) is 0 Å². The lowest BCUT2D eigenvalue weighted by Crippen LogP contribution is -2.30. The first kappa shape index (κ1) is 16.6. The van der Waals surface area contributed by atoms with E-state index in [1.807, 2.05) is 41.4 Å². The van der Waals surface area contributed by atoms with Crippen molar-refractivity contribution in [1.29, 1.82) is 0 Å². The van der Waals surface area contributed by atoms with E-state index in [1.54, 1.807) is 0 Å². The maximum Gasteiger partial charge on any atom is 0.254 e. The van der Waals surface area contributed by atoms with Crippen LogP contribution in [0.2, 0.25) is 0 Å². The second-order valence-corrected chi connectivity index (χ2v) is 6.92. The third-order valence-corrected chi connectivity index (χ3v) is 5.19. The Morgan fingerprint density at radius 3 is 2.38 bits per heavy atom. The lowest BCUT2D eigenvalue weighted by atomic mass is 10.1. The van der Waals surface area contributed by atoms with Crippen molar-refractivity contribution in [3.8, 4) is 5.82 Å². The zero-order valence-corrected chi connectivity index (χ0v) is 15.2. The zero-order chi connectivity index (χ0) is 18.1. The third-order valence-electron chi connectivity index (χ3n) is 5.19. The molecule has 0 N–H and O–H groups in total. The topological polar surface area (TPSA) is 38.1 Å². The second kappa shape index (κ2) is 6.79. The lowest BCUT2D eigenvalue weighted by molar-refractivity contribution is 0.0735. The van der Waals surface area contributed by atoms with Crippen LogP contribution in [0.5, 0.6) is 0 Å². The number of pyridine rings is 1. The highest BCUT2D eigenvalue weighted by molar-refractivity contribution is 5.94. The van der Waals surface area contributed by atoms with Crippen LogP contribution in [0, 0.1) is 13.8 Å². The Kier molecular flexibility index (Phi) is 4.33. The molecule has 4 heteroatoms. The first-order valence-corrected chi connectivity index (χ1v) is 9.12. The Hall–Kier alpha value is -2.88. The van der Waals surface area contributed by atoms with E-state index in [0.29, 0.717) is 0 Å². The molecule has 1 fully saturated rings. The van der Waals surface area contributed by atoms with Gasteiger partial charge in [0.15, 0.2) is 0 Å². The molecule has 26 heavy (non-hydrogen) atoms. The van der Waals surface area contributed by atoms with Crippen LogP contribution in [0.4, 0.5) is 0 Å². The van der Waals surface area contributed by atoms with Gasteiger partial charge >= 0.3 is 0 Å². The average Bonchev–Trinajstić information content (AvgIpc) is 3.29.